The van der Waals surface area contributed by atoms with Crippen LogP contribution in [0, 0.1) is 11.6 Å². The molecule has 2 heterocycles. The van der Waals surface area contributed by atoms with E-state index in [0.29, 0.717) is 11.3 Å². The number of methoxy groups -OCH3 is 1. The summed E-state index contributed by atoms with van der Waals surface area (Å²) in [6.45, 7) is 7.01. The molecular weight excluding hydrogens is 424 g/mol. The lowest BCUT2D eigenvalue weighted by Crippen LogP contribution is -2.69. The minimum atomic E-state index is -3.83. The molecule has 0 saturated carbocycles. The lowest BCUT2D eigenvalue weighted by Gasteiger charge is -2.54. The minimum absolute atomic E-state index is 0.0777. The summed E-state index contributed by atoms with van der Waals surface area (Å²) in [4.78, 5) is 0. The topological polar surface area (TPSA) is 64.6 Å². The van der Waals surface area contributed by atoms with Gasteiger partial charge in [0, 0.05) is 11.3 Å². The average Bonchev–Trinajstić information content (AvgIpc) is 2.73. The molecule has 3 atom stereocenters. The molecule has 1 N–H and O–H groups in total. The Hall–Kier alpha value is -2.45. The maximum Gasteiger partial charge on any atom is 0.166 e. The number of rotatable bonds is 3. The first-order chi connectivity index (χ1) is 14.5. The lowest BCUT2D eigenvalue weighted by molar-refractivity contribution is -0.0424. The van der Waals surface area contributed by atoms with E-state index in [1.165, 1.54) is 37.4 Å². The van der Waals surface area contributed by atoms with E-state index in [1.54, 1.807) is 26.0 Å². The molecule has 2 aliphatic heterocycles. The molecule has 4 rings (SSSR count). The first-order valence-corrected chi connectivity index (χ1v) is 11.5. The van der Waals surface area contributed by atoms with Gasteiger partial charge in [-0.1, -0.05) is 18.7 Å². The summed E-state index contributed by atoms with van der Waals surface area (Å²) >= 11 is 0. The summed E-state index contributed by atoms with van der Waals surface area (Å²) in [6, 6.07) is 9.99. The van der Waals surface area contributed by atoms with Crippen LogP contribution < -0.4 is 10.1 Å². The van der Waals surface area contributed by atoms with Gasteiger partial charge in [0.25, 0.3) is 0 Å². The number of hydrogen-bond donors (Lipinski definition) is 1. The van der Waals surface area contributed by atoms with E-state index >= 15 is 4.39 Å². The van der Waals surface area contributed by atoms with E-state index in [-0.39, 0.29) is 24.3 Å². The highest BCUT2D eigenvalue weighted by Crippen LogP contribution is 2.50. The van der Waals surface area contributed by atoms with E-state index in [4.69, 9.17) is 9.47 Å². The monoisotopic (exact) mass is 449 g/mol. The van der Waals surface area contributed by atoms with E-state index in [1.807, 2.05) is 0 Å². The number of hydrogen-bond acceptors (Lipinski definition) is 5. The predicted molar refractivity (Wildman–Crippen MR) is 113 cm³/mol. The molecule has 2 aromatic carbocycles. The Bertz CT molecular complexity index is 1130. The first kappa shape index (κ1) is 21.8. The van der Waals surface area contributed by atoms with Gasteiger partial charge in [-0.15, -0.1) is 0 Å². The van der Waals surface area contributed by atoms with Gasteiger partial charge in [-0.3, -0.25) is 0 Å². The van der Waals surface area contributed by atoms with E-state index in [0.717, 1.165) is 0 Å². The summed E-state index contributed by atoms with van der Waals surface area (Å²) in [7, 11) is -2.37. The van der Waals surface area contributed by atoms with E-state index < -0.39 is 43.1 Å². The molecular formula is C23H25F2NO4S. The molecule has 2 aliphatic rings. The van der Waals surface area contributed by atoms with Crippen molar-refractivity contribution in [3.05, 3.63) is 77.5 Å². The Morgan fingerprint density at radius 2 is 1.84 bits per heavy atom. The number of fused-ring (bicyclic) bond motifs is 1. The summed E-state index contributed by atoms with van der Waals surface area (Å²) in [5.41, 5.74) is -0.288. The SMILES string of the molecule is C=C1N[C@@]2(c3cc(OC)ccc3F)CO[C@@H](c3ccc(F)cc3)C[C@H]2S(=O)(=O)C1(C)C. The standard InChI is InChI=1S/C23H25F2NO4S/c1-14-22(2,3)31(27,28)21-12-20(15-5-7-16(24)8-6-15)30-13-23(21,26-14)18-11-17(29-4)9-10-19(18)25/h5-11,20-21,26H,1,12-13H2,2-4H3/t20-,21-,23-/m1/s1. The van der Waals surface area contributed by atoms with Gasteiger partial charge in [0.1, 0.15) is 27.7 Å². The number of nitrogens with one attached hydrogen (secondary N) is 1. The van der Waals surface area contributed by atoms with Gasteiger partial charge in [0.15, 0.2) is 9.84 Å². The molecule has 0 bridgehead atoms. The number of sulfone groups is 1. The predicted octanol–water partition coefficient (Wildman–Crippen LogP) is 4.01. The average molecular weight is 450 g/mol. The molecule has 0 spiro atoms. The minimum Gasteiger partial charge on any atom is -0.497 e. The van der Waals surface area contributed by atoms with Crippen molar-refractivity contribution >= 4 is 9.84 Å². The third kappa shape index (κ3) is 3.24. The fraction of sp³-hybridized carbons (Fsp3) is 0.391. The zero-order valence-corrected chi connectivity index (χ0v) is 18.4. The van der Waals surface area contributed by atoms with Gasteiger partial charge in [-0.2, -0.15) is 0 Å². The van der Waals surface area contributed by atoms with Crippen LogP contribution in [0.4, 0.5) is 8.78 Å². The molecule has 2 saturated heterocycles. The van der Waals surface area contributed by atoms with Gasteiger partial charge in [0.05, 0.1) is 25.1 Å². The van der Waals surface area contributed by atoms with Crippen LogP contribution in [0.3, 0.4) is 0 Å². The van der Waals surface area contributed by atoms with Gasteiger partial charge in [-0.25, -0.2) is 17.2 Å². The van der Waals surface area contributed by atoms with Gasteiger partial charge in [-0.05, 0) is 56.2 Å². The maximum absolute atomic E-state index is 15.1. The Kier molecular flexibility index (Phi) is 5.13. The second-order valence-corrected chi connectivity index (χ2v) is 11.2. The van der Waals surface area contributed by atoms with Gasteiger partial charge in [0.2, 0.25) is 0 Å². The maximum atomic E-state index is 15.1. The fourth-order valence-corrected chi connectivity index (χ4v) is 6.76. The van der Waals surface area contributed by atoms with E-state index in [2.05, 4.69) is 11.9 Å². The van der Waals surface area contributed by atoms with Crippen molar-refractivity contribution in [2.45, 2.75) is 41.9 Å². The first-order valence-electron chi connectivity index (χ1n) is 9.95. The highest BCUT2D eigenvalue weighted by molar-refractivity contribution is 7.93. The summed E-state index contributed by atoms with van der Waals surface area (Å²) in [6.07, 6.45) is -0.500. The van der Waals surface area contributed by atoms with Crippen LogP contribution in [0.15, 0.2) is 54.7 Å². The molecule has 5 nitrogen and oxygen atoms in total. The number of halogens is 2. The summed E-state index contributed by atoms with van der Waals surface area (Å²) in [5, 5.41) is 2.20. The highest BCUT2D eigenvalue weighted by Gasteiger charge is 2.62. The molecule has 0 radical (unpaired) electrons. The quantitative estimate of drug-likeness (QED) is 0.767. The molecule has 2 aromatic rings. The smallest absolute Gasteiger partial charge is 0.166 e. The Morgan fingerprint density at radius 1 is 1.16 bits per heavy atom. The van der Waals surface area contributed by atoms with Gasteiger partial charge < -0.3 is 14.8 Å². The van der Waals surface area contributed by atoms with Crippen molar-refractivity contribution in [3.8, 4) is 5.75 Å². The molecule has 2 fully saturated rings. The largest absolute Gasteiger partial charge is 0.497 e. The number of ether oxygens (including phenoxy) is 2. The molecule has 31 heavy (non-hydrogen) atoms. The van der Waals surface area contributed by atoms with Crippen LogP contribution >= 0.6 is 0 Å². The number of benzene rings is 2. The lowest BCUT2D eigenvalue weighted by atomic mass is 9.80. The molecule has 0 unspecified atom stereocenters. The Morgan fingerprint density at radius 3 is 2.48 bits per heavy atom. The van der Waals surface area contributed by atoms with Crippen LogP contribution in [0.25, 0.3) is 0 Å². The van der Waals surface area contributed by atoms with Crippen molar-refractivity contribution in [3.63, 3.8) is 0 Å². The molecule has 8 heteroatoms. The second-order valence-electron chi connectivity index (χ2n) is 8.55. The third-order valence-corrected chi connectivity index (χ3v) is 9.59. The zero-order chi connectivity index (χ0) is 22.6. The molecule has 0 aromatic heterocycles. The van der Waals surface area contributed by atoms with E-state index in [9.17, 15) is 12.8 Å². The van der Waals surface area contributed by atoms with Crippen LogP contribution in [0.5, 0.6) is 5.75 Å². The van der Waals surface area contributed by atoms with Crippen LogP contribution in [0.2, 0.25) is 0 Å². The summed E-state index contributed by atoms with van der Waals surface area (Å²) < 4.78 is 66.1. The van der Waals surface area contributed by atoms with Crippen molar-refractivity contribution < 1.29 is 26.7 Å². The zero-order valence-electron chi connectivity index (χ0n) is 17.6. The van der Waals surface area contributed by atoms with Gasteiger partial charge >= 0.3 is 0 Å². The van der Waals surface area contributed by atoms with Crippen molar-refractivity contribution in [2.75, 3.05) is 13.7 Å². The Labute approximate surface area is 181 Å². The van der Waals surface area contributed by atoms with Crippen LogP contribution in [0.1, 0.15) is 37.5 Å². The van der Waals surface area contributed by atoms with Crippen molar-refractivity contribution in [2.24, 2.45) is 0 Å². The van der Waals surface area contributed by atoms with Crippen LogP contribution in [-0.2, 0) is 20.1 Å². The van der Waals surface area contributed by atoms with Crippen molar-refractivity contribution in [1.29, 1.82) is 0 Å². The molecule has 0 aliphatic carbocycles. The van der Waals surface area contributed by atoms with Crippen molar-refractivity contribution in [1.82, 2.24) is 5.32 Å². The Balaban J connectivity index is 1.87. The summed E-state index contributed by atoms with van der Waals surface area (Å²) in [5.74, 6) is -0.554. The third-order valence-electron chi connectivity index (χ3n) is 6.57. The fourth-order valence-electron chi connectivity index (χ4n) is 4.45. The molecule has 166 valence electrons. The normalized spacial score (nSPS) is 29.0. The highest BCUT2D eigenvalue weighted by atomic mass is 32.2. The molecule has 0 amide bonds. The second kappa shape index (κ2) is 7.31. The van der Waals surface area contributed by atoms with Crippen LogP contribution in [-0.4, -0.2) is 32.1 Å².